The van der Waals surface area contributed by atoms with Gasteiger partial charge in [-0.25, -0.2) is 0 Å². The minimum Gasteiger partial charge on any atom is -0.388 e. The molecular weight excluding hydrogens is 214 g/mol. The normalized spacial score (nSPS) is 14.4. The van der Waals surface area contributed by atoms with Gasteiger partial charge in [0.1, 0.15) is 0 Å². The Hall–Kier alpha value is -1.06. The zero-order chi connectivity index (χ0) is 12.8. The summed E-state index contributed by atoms with van der Waals surface area (Å²) >= 11 is 0. The predicted molar refractivity (Wildman–Crippen MR) is 71.4 cm³/mol. The highest BCUT2D eigenvalue weighted by Gasteiger charge is 2.15. The molecule has 0 aromatic heterocycles. The Kier molecular flexibility index (Phi) is 5.45. The fraction of sp³-hybridized carbons (Fsp3) is 0.571. The van der Waals surface area contributed by atoms with Crippen LogP contribution in [0, 0.1) is 5.92 Å². The van der Waals surface area contributed by atoms with Gasteiger partial charge in [0.15, 0.2) is 0 Å². The molecule has 1 N–H and O–H groups in total. The van der Waals surface area contributed by atoms with Crippen LogP contribution in [0.1, 0.15) is 25.0 Å². The summed E-state index contributed by atoms with van der Waals surface area (Å²) in [5, 5.41) is 10.2. The van der Waals surface area contributed by atoms with Crippen LogP contribution < -0.4 is 4.90 Å². The third kappa shape index (κ3) is 4.02. The molecule has 0 saturated heterocycles. The summed E-state index contributed by atoms with van der Waals surface area (Å²) in [6.07, 6.45) is 0.453. The van der Waals surface area contributed by atoms with Crippen molar-refractivity contribution in [3.8, 4) is 0 Å². The van der Waals surface area contributed by atoms with E-state index in [2.05, 4.69) is 0 Å². The fourth-order valence-electron chi connectivity index (χ4n) is 1.76. The summed E-state index contributed by atoms with van der Waals surface area (Å²) in [6.45, 7) is 2.73. The second kappa shape index (κ2) is 6.62. The van der Waals surface area contributed by atoms with E-state index in [4.69, 9.17) is 4.74 Å². The topological polar surface area (TPSA) is 32.7 Å². The number of ether oxygens (including phenoxy) is 1. The summed E-state index contributed by atoms with van der Waals surface area (Å²) < 4.78 is 5.03. The van der Waals surface area contributed by atoms with Crippen molar-refractivity contribution in [1.82, 2.24) is 0 Å². The molecule has 3 nitrogen and oxygen atoms in total. The van der Waals surface area contributed by atoms with E-state index < -0.39 is 6.10 Å². The van der Waals surface area contributed by atoms with Gasteiger partial charge in [0.25, 0.3) is 0 Å². The fourth-order valence-corrected chi connectivity index (χ4v) is 1.76. The van der Waals surface area contributed by atoms with E-state index in [9.17, 15) is 5.11 Å². The third-order valence-electron chi connectivity index (χ3n) is 3.07. The summed E-state index contributed by atoms with van der Waals surface area (Å²) in [5.74, 6) is 0.208. The lowest BCUT2D eigenvalue weighted by Gasteiger charge is -2.20. The van der Waals surface area contributed by atoms with Gasteiger partial charge in [-0.15, -0.1) is 0 Å². The van der Waals surface area contributed by atoms with Crippen LogP contribution in [-0.4, -0.2) is 32.9 Å². The highest BCUT2D eigenvalue weighted by Crippen LogP contribution is 2.25. The minimum absolute atomic E-state index is 0.208. The number of hydrogen-bond acceptors (Lipinski definition) is 3. The highest BCUT2D eigenvalue weighted by atomic mass is 16.5. The van der Waals surface area contributed by atoms with Gasteiger partial charge < -0.3 is 14.7 Å². The minimum atomic E-state index is -0.415. The number of methoxy groups -OCH3 is 1. The van der Waals surface area contributed by atoms with Gasteiger partial charge in [0.2, 0.25) is 0 Å². The average Bonchev–Trinajstić information content (AvgIpc) is 2.35. The lowest BCUT2D eigenvalue weighted by molar-refractivity contribution is 0.0886. The van der Waals surface area contributed by atoms with Crippen LogP contribution in [0.2, 0.25) is 0 Å². The molecule has 0 saturated carbocycles. The molecule has 1 rings (SSSR count). The van der Waals surface area contributed by atoms with Gasteiger partial charge in [-0.1, -0.05) is 19.1 Å². The molecule has 1 aromatic carbocycles. The first-order chi connectivity index (χ1) is 8.06. The average molecular weight is 237 g/mol. The second-order valence-corrected chi connectivity index (χ2v) is 4.69. The van der Waals surface area contributed by atoms with Crippen molar-refractivity contribution in [2.24, 2.45) is 5.92 Å². The Balaban J connectivity index is 2.65. The Morgan fingerprint density at radius 2 is 1.82 bits per heavy atom. The second-order valence-electron chi connectivity index (χ2n) is 4.69. The number of aliphatic hydroxyl groups is 1. The Labute approximate surface area is 104 Å². The van der Waals surface area contributed by atoms with Crippen LogP contribution in [0.5, 0.6) is 0 Å². The molecule has 0 fully saturated rings. The first-order valence-electron chi connectivity index (χ1n) is 6.00. The largest absolute Gasteiger partial charge is 0.388 e. The Morgan fingerprint density at radius 1 is 1.24 bits per heavy atom. The summed E-state index contributed by atoms with van der Waals surface area (Å²) in [6, 6.07) is 8.04. The van der Waals surface area contributed by atoms with Crippen molar-refractivity contribution >= 4 is 5.69 Å². The van der Waals surface area contributed by atoms with E-state index in [1.165, 1.54) is 0 Å². The monoisotopic (exact) mass is 237 g/mol. The Bertz CT molecular complexity index is 321. The lowest BCUT2D eigenvalue weighted by Crippen LogP contribution is -2.12. The van der Waals surface area contributed by atoms with Crippen molar-refractivity contribution in [2.75, 3.05) is 32.7 Å². The van der Waals surface area contributed by atoms with Crippen LogP contribution in [-0.2, 0) is 4.74 Å². The van der Waals surface area contributed by atoms with Crippen molar-refractivity contribution in [1.29, 1.82) is 0 Å². The molecule has 0 amide bonds. The molecule has 3 heteroatoms. The van der Waals surface area contributed by atoms with Gasteiger partial charge in [0, 0.05) is 33.5 Å². The number of nitrogens with zero attached hydrogens (tertiary/aromatic N) is 1. The molecule has 0 bridgehead atoms. The van der Waals surface area contributed by atoms with E-state index in [0.29, 0.717) is 6.61 Å². The van der Waals surface area contributed by atoms with E-state index in [1.54, 1.807) is 7.11 Å². The first-order valence-corrected chi connectivity index (χ1v) is 6.00. The highest BCUT2D eigenvalue weighted by molar-refractivity contribution is 5.46. The number of aliphatic hydroxyl groups excluding tert-OH is 1. The molecule has 2 unspecified atom stereocenters. The smallest absolute Gasteiger partial charge is 0.0816 e. The van der Waals surface area contributed by atoms with Crippen LogP contribution in [0.15, 0.2) is 24.3 Å². The number of anilines is 1. The molecule has 0 radical (unpaired) electrons. The molecular formula is C14H23NO2. The molecule has 0 aliphatic heterocycles. The maximum Gasteiger partial charge on any atom is 0.0816 e. The molecule has 0 heterocycles. The quantitative estimate of drug-likeness (QED) is 0.825. The van der Waals surface area contributed by atoms with Crippen molar-refractivity contribution in [3.05, 3.63) is 29.8 Å². The summed E-state index contributed by atoms with van der Waals surface area (Å²) in [4.78, 5) is 2.05. The molecule has 17 heavy (non-hydrogen) atoms. The third-order valence-corrected chi connectivity index (χ3v) is 3.07. The van der Waals surface area contributed by atoms with E-state index >= 15 is 0 Å². The molecule has 0 aliphatic rings. The van der Waals surface area contributed by atoms with Crippen molar-refractivity contribution < 1.29 is 9.84 Å². The van der Waals surface area contributed by atoms with Gasteiger partial charge >= 0.3 is 0 Å². The zero-order valence-electron chi connectivity index (χ0n) is 11.2. The zero-order valence-corrected chi connectivity index (χ0v) is 11.2. The van der Waals surface area contributed by atoms with Gasteiger partial charge in [-0.2, -0.15) is 0 Å². The molecule has 96 valence electrons. The predicted octanol–water partition coefficient (Wildman–Crippen LogP) is 2.46. The number of hydrogen-bond donors (Lipinski definition) is 1. The molecule has 2 atom stereocenters. The maximum absolute atomic E-state index is 10.2. The van der Waals surface area contributed by atoms with Crippen molar-refractivity contribution in [2.45, 2.75) is 19.4 Å². The Morgan fingerprint density at radius 3 is 2.29 bits per heavy atom. The molecule has 0 aliphatic carbocycles. The van der Waals surface area contributed by atoms with E-state index in [-0.39, 0.29) is 5.92 Å². The number of rotatable bonds is 6. The summed E-state index contributed by atoms with van der Waals surface area (Å²) in [5.41, 5.74) is 2.12. The molecule has 0 spiro atoms. The van der Waals surface area contributed by atoms with Gasteiger partial charge in [-0.3, -0.25) is 0 Å². The van der Waals surface area contributed by atoms with Crippen molar-refractivity contribution in [3.63, 3.8) is 0 Å². The maximum atomic E-state index is 10.2. The standard InChI is InChI=1S/C14H23NO2/c1-11(9-10-17-4)14(16)12-5-7-13(8-6-12)15(2)3/h5-8,11,14,16H,9-10H2,1-4H3. The molecule has 1 aromatic rings. The summed E-state index contributed by atoms with van der Waals surface area (Å²) in [7, 11) is 5.70. The first kappa shape index (κ1) is 14.0. The lowest BCUT2D eigenvalue weighted by atomic mass is 9.95. The van der Waals surface area contributed by atoms with E-state index in [1.807, 2.05) is 50.2 Å². The van der Waals surface area contributed by atoms with Crippen LogP contribution in [0.25, 0.3) is 0 Å². The van der Waals surface area contributed by atoms with E-state index in [0.717, 1.165) is 17.7 Å². The van der Waals surface area contributed by atoms with Crippen LogP contribution in [0.4, 0.5) is 5.69 Å². The van der Waals surface area contributed by atoms with Gasteiger partial charge in [-0.05, 0) is 30.0 Å². The van der Waals surface area contributed by atoms with Gasteiger partial charge in [0.05, 0.1) is 6.10 Å². The van der Waals surface area contributed by atoms with Crippen LogP contribution in [0.3, 0.4) is 0 Å². The number of benzene rings is 1. The SMILES string of the molecule is COCCC(C)C(O)c1ccc(N(C)C)cc1. The van der Waals surface area contributed by atoms with Crippen LogP contribution >= 0.6 is 0 Å².